The first-order chi connectivity index (χ1) is 14.3. The monoisotopic (exact) mass is 408 g/mol. The Bertz CT molecular complexity index is 989. The van der Waals surface area contributed by atoms with Crippen LogP contribution in [-0.2, 0) is 0 Å². The molecule has 0 unspecified atom stereocenters. The van der Waals surface area contributed by atoms with Crippen molar-refractivity contribution in [3.8, 4) is 11.1 Å². The van der Waals surface area contributed by atoms with Crippen molar-refractivity contribution in [2.45, 2.75) is 75.5 Å². The molecule has 152 valence electrons. The molecule has 0 bridgehead atoms. The van der Waals surface area contributed by atoms with Crippen LogP contribution < -0.4 is 11.1 Å². The number of benzene rings is 2. The van der Waals surface area contributed by atoms with E-state index in [1.165, 1.54) is 80.6 Å². The fraction of sp³-hybridized carbons (Fsp3) is 0.480. The van der Waals surface area contributed by atoms with E-state index >= 15 is 0 Å². The second kappa shape index (κ2) is 8.48. The highest BCUT2D eigenvalue weighted by molar-refractivity contribution is 7.67. The maximum Gasteiger partial charge on any atom is 0.519 e. The summed E-state index contributed by atoms with van der Waals surface area (Å²) in [6.07, 6.45) is 13.3. The van der Waals surface area contributed by atoms with E-state index in [0.717, 1.165) is 16.9 Å². The highest BCUT2D eigenvalue weighted by Gasteiger charge is 2.36. The van der Waals surface area contributed by atoms with Gasteiger partial charge in [-0.2, -0.15) is 0 Å². The van der Waals surface area contributed by atoms with Crippen LogP contribution in [0.5, 0.6) is 0 Å². The van der Waals surface area contributed by atoms with E-state index in [9.17, 15) is 4.79 Å². The highest BCUT2D eigenvalue weighted by atomic mass is 31.1. The Morgan fingerprint density at radius 1 is 0.724 bits per heavy atom. The number of hydrogen-bond acceptors (Lipinski definition) is 3. The molecular weight excluding hydrogens is 379 g/mol. The molecule has 2 aliphatic rings. The molecule has 0 spiro atoms. The average Bonchev–Trinajstić information content (AvgIpc) is 3.17. The summed E-state index contributed by atoms with van der Waals surface area (Å²) in [6.45, 7) is 0. The Morgan fingerprint density at radius 3 is 1.97 bits per heavy atom. The molecule has 2 fully saturated rings. The van der Waals surface area contributed by atoms with E-state index < -0.39 is 13.7 Å². The standard InChI is InChI=1S/C25H29O3P/c26-25-27-22-17-16-21(18-10-4-1-5-11-18)24(23(22)28-25)29(19-12-6-2-7-13-19)20-14-8-3-9-15-20/h1,4-5,10-11,16-17,19-20H,2-3,6-9,12-15H2. The van der Waals surface area contributed by atoms with Gasteiger partial charge in [0.2, 0.25) is 0 Å². The lowest BCUT2D eigenvalue weighted by Gasteiger charge is -2.39. The van der Waals surface area contributed by atoms with Crippen molar-refractivity contribution >= 4 is 24.4 Å². The van der Waals surface area contributed by atoms with Crippen LogP contribution in [0, 0.1) is 0 Å². The average molecular weight is 408 g/mol. The summed E-state index contributed by atoms with van der Waals surface area (Å²) >= 11 is 0. The van der Waals surface area contributed by atoms with E-state index in [1.54, 1.807) is 0 Å². The summed E-state index contributed by atoms with van der Waals surface area (Å²) < 4.78 is 11.1. The van der Waals surface area contributed by atoms with Gasteiger partial charge < -0.3 is 8.83 Å². The Kier molecular flexibility index (Phi) is 5.59. The fourth-order valence-electron chi connectivity index (χ4n) is 5.41. The molecule has 2 saturated carbocycles. The molecule has 1 heterocycles. The van der Waals surface area contributed by atoms with Gasteiger partial charge in [-0.3, -0.25) is 0 Å². The van der Waals surface area contributed by atoms with Gasteiger partial charge >= 0.3 is 5.82 Å². The number of hydrogen-bond donors (Lipinski definition) is 0. The van der Waals surface area contributed by atoms with Crippen LogP contribution in [0.15, 0.2) is 56.1 Å². The molecule has 0 aliphatic heterocycles. The zero-order valence-electron chi connectivity index (χ0n) is 16.9. The normalized spacial score (nSPS) is 19.2. The van der Waals surface area contributed by atoms with Gasteiger partial charge in [0.1, 0.15) is 0 Å². The van der Waals surface area contributed by atoms with E-state index in [-0.39, 0.29) is 0 Å². The topological polar surface area (TPSA) is 43.4 Å². The number of rotatable bonds is 4. The van der Waals surface area contributed by atoms with Crippen LogP contribution in [0.2, 0.25) is 0 Å². The molecule has 2 aliphatic carbocycles. The van der Waals surface area contributed by atoms with E-state index in [2.05, 4.69) is 36.4 Å². The van der Waals surface area contributed by atoms with Crippen molar-refractivity contribution in [1.82, 2.24) is 0 Å². The van der Waals surface area contributed by atoms with Gasteiger partial charge in [0, 0.05) is 5.30 Å². The zero-order valence-corrected chi connectivity index (χ0v) is 17.8. The summed E-state index contributed by atoms with van der Waals surface area (Å²) in [7, 11) is -0.416. The lowest BCUT2D eigenvalue weighted by Crippen LogP contribution is -2.27. The van der Waals surface area contributed by atoms with Gasteiger partial charge in [0.05, 0.1) is 0 Å². The molecule has 29 heavy (non-hydrogen) atoms. The van der Waals surface area contributed by atoms with Crippen LogP contribution in [0.1, 0.15) is 64.2 Å². The van der Waals surface area contributed by atoms with Gasteiger partial charge in [-0.1, -0.05) is 76.8 Å². The molecule has 0 atom stereocenters. The van der Waals surface area contributed by atoms with Gasteiger partial charge in [-0.05, 0) is 60.3 Å². The molecule has 1 aromatic heterocycles. The predicted octanol–water partition coefficient (Wildman–Crippen LogP) is 6.83. The van der Waals surface area contributed by atoms with Crippen molar-refractivity contribution < 1.29 is 8.83 Å². The third-order valence-corrected chi connectivity index (χ3v) is 10.3. The third kappa shape index (κ3) is 3.82. The first-order valence-electron chi connectivity index (χ1n) is 11.2. The predicted molar refractivity (Wildman–Crippen MR) is 120 cm³/mol. The van der Waals surface area contributed by atoms with Crippen molar-refractivity contribution in [2.75, 3.05) is 0 Å². The largest absolute Gasteiger partial charge is 0.519 e. The van der Waals surface area contributed by atoms with E-state index in [1.807, 2.05) is 6.07 Å². The van der Waals surface area contributed by atoms with Crippen molar-refractivity contribution in [2.24, 2.45) is 0 Å². The van der Waals surface area contributed by atoms with Gasteiger partial charge in [-0.15, -0.1) is 0 Å². The minimum atomic E-state index is -0.575. The van der Waals surface area contributed by atoms with Crippen LogP contribution in [0.4, 0.5) is 0 Å². The number of fused-ring (bicyclic) bond motifs is 1. The smallest absolute Gasteiger partial charge is 0.391 e. The second-order valence-electron chi connectivity index (χ2n) is 8.60. The first-order valence-corrected chi connectivity index (χ1v) is 12.7. The third-order valence-electron chi connectivity index (χ3n) is 6.75. The van der Waals surface area contributed by atoms with Crippen molar-refractivity contribution in [3.05, 3.63) is 53.1 Å². The second-order valence-corrected chi connectivity index (χ2v) is 11.3. The lowest BCUT2D eigenvalue weighted by atomic mass is 9.99. The van der Waals surface area contributed by atoms with Crippen molar-refractivity contribution in [3.63, 3.8) is 0 Å². The minimum absolute atomic E-state index is 0.416. The van der Waals surface area contributed by atoms with Crippen molar-refractivity contribution in [1.29, 1.82) is 0 Å². The fourth-order valence-corrected chi connectivity index (χ4v) is 9.46. The summed E-state index contributed by atoms with van der Waals surface area (Å²) in [4.78, 5) is 12.0. The van der Waals surface area contributed by atoms with Crippen LogP contribution in [-0.4, -0.2) is 11.3 Å². The molecule has 2 aromatic carbocycles. The molecule has 0 radical (unpaired) electrons. The molecule has 0 N–H and O–H groups in total. The van der Waals surface area contributed by atoms with E-state index in [4.69, 9.17) is 8.83 Å². The molecule has 4 heteroatoms. The SMILES string of the molecule is O=c1oc2ccc(-c3ccccc3)c(P(C3CCCCC3)C3CCCCC3)c2o1. The quantitative estimate of drug-likeness (QED) is 0.445. The molecule has 0 saturated heterocycles. The Labute approximate surface area is 173 Å². The zero-order chi connectivity index (χ0) is 19.6. The summed E-state index contributed by atoms with van der Waals surface area (Å²) in [5.41, 5.74) is 5.25. The molecule has 0 amide bonds. The lowest BCUT2D eigenvalue weighted by molar-refractivity contribution is 0.409. The molecule has 5 rings (SSSR count). The summed E-state index contributed by atoms with van der Waals surface area (Å²) in [6, 6.07) is 14.7. The first kappa shape index (κ1) is 19.1. The van der Waals surface area contributed by atoms with Crippen LogP contribution in [0.25, 0.3) is 22.3 Å². The van der Waals surface area contributed by atoms with E-state index in [0.29, 0.717) is 5.58 Å². The minimum Gasteiger partial charge on any atom is -0.391 e. The maximum absolute atomic E-state index is 12.0. The van der Waals surface area contributed by atoms with Gasteiger partial charge in [0.15, 0.2) is 11.2 Å². The molecule has 3 nitrogen and oxygen atoms in total. The Balaban J connectivity index is 1.72. The highest BCUT2D eigenvalue weighted by Crippen LogP contribution is 2.57. The Hall–Kier alpha value is -1.86. The van der Waals surface area contributed by atoms with Gasteiger partial charge in [0.25, 0.3) is 0 Å². The van der Waals surface area contributed by atoms with Crippen LogP contribution in [0.3, 0.4) is 0 Å². The summed E-state index contributed by atoms with van der Waals surface area (Å²) in [5, 5.41) is 1.30. The van der Waals surface area contributed by atoms with Gasteiger partial charge in [-0.25, -0.2) is 4.79 Å². The van der Waals surface area contributed by atoms with Crippen LogP contribution >= 0.6 is 7.92 Å². The Morgan fingerprint density at radius 2 is 1.34 bits per heavy atom. The molecular formula is C25H29O3P. The summed E-state index contributed by atoms with van der Waals surface area (Å²) in [5.74, 6) is -0.575. The maximum atomic E-state index is 12.0. The molecule has 3 aromatic rings.